The van der Waals surface area contributed by atoms with Gasteiger partial charge in [0, 0.05) is 10.8 Å². The second-order valence-corrected chi connectivity index (χ2v) is 12.8. The lowest BCUT2D eigenvalue weighted by Gasteiger charge is -2.17. The van der Waals surface area contributed by atoms with Crippen molar-refractivity contribution in [3.8, 4) is 33.4 Å². The van der Waals surface area contributed by atoms with Crippen molar-refractivity contribution in [2.24, 2.45) is 0 Å². The Morgan fingerprint density at radius 1 is 0.375 bits per heavy atom. The van der Waals surface area contributed by atoms with E-state index in [4.69, 9.17) is 4.98 Å². The molecule has 8 aromatic carbocycles. The zero-order valence-electron chi connectivity index (χ0n) is 25.9. The van der Waals surface area contributed by atoms with Crippen LogP contribution in [0, 0.1) is 0 Å². The van der Waals surface area contributed by atoms with E-state index in [0.29, 0.717) is 0 Å². The van der Waals surface area contributed by atoms with Crippen LogP contribution in [0.25, 0.3) is 99.1 Å². The summed E-state index contributed by atoms with van der Waals surface area (Å²) < 4.78 is 4.78. The van der Waals surface area contributed by atoms with E-state index in [1.807, 2.05) is 0 Å². The summed E-state index contributed by atoms with van der Waals surface area (Å²) in [4.78, 5) is 5.34. The van der Waals surface area contributed by atoms with Gasteiger partial charge in [-0.1, -0.05) is 127 Å². The number of rotatable bonds is 3. The number of aromatic nitrogens is 3. The monoisotopic (exact) mass is 609 g/mol. The number of hydrogen-bond donors (Lipinski definition) is 0. The highest BCUT2D eigenvalue weighted by molar-refractivity contribution is 6.20. The highest BCUT2D eigenvalue weighted by atomic mass is 15.2. The zero-order chi connectivity index (χ0) is 31.3. The van der Waals surface area contributed by atoms with Gasteiger partial charge in [-0.3, -0.25) is 8.80 Å². The fraction of sp³-hybridized carbons (Fsp3) is 0. The molecule has 11 rings (SSSR count). The Kier molecular flexibility index (Phi) is 5.11. The molecule has 3 heterocycles. The average Bonchev–Trinajstić information content (AvgIpc) is 3.78. The van der Waals surface area contributed by atoms with Crippen LogP contribution in [0.3, 0.4) is 0 Å². The fourth-order valence-electron chi connectivity index (χ4n) is 8.05. The van der Waals surface area contributed by atoms with Gasteiger partial charge in [0.15, 0.2) is 0 Å². The van der Waals surface area contributed by atoms with Crippen LogP contribution in [0.4, 0.5) is 0 Å². The van der Waals surface area contributed by atoms with E-state index in [0.717, 1.165) is 22.3 Å². The van der Waals surface area contributed by atoms with E-state index in [9.17, 15) is 0 Å². The molecule has 222 valence electrons. The smallest absolute Gasteiger partial charge is 0.220 e. The lowest BCUT2D eigenvalue weighted by atomic mass is 9.87. The van der Waals surface area contributed by atoms with Crippen molar-refractivity contribution < 1.29 is 0 Å². The molecule has 0 aliphatic carbocycles. The molecule has 0 unspecified atom stereocenters. The summed E-state index contributed by atoms with van der Waals surface area (Å²) in [5, 5.41) is 7.37. The molecule has 0 aliphatic rings. The Bertz CT molecular complexity index is 2980. The highest BCUT2D eigenvalue weighted by Gasteiger charge is 2.24. The second-order valence-electron chi connectivity index (χ2n) is 12.8. The standard InChI is InChI=1S/C45H27N3/c1-3-12-28(13-4-1)35-20-11-21-36(29-14-5-2-6-15-29)43(35)34-23-38-37-22-30-16-7-9-18-32(30)25-40(37)48-44(38)42(27-34)47-41-26-33-19-10-8-17-31(33)24-39(41)46-45(47)48/h1-27H. The van der Waals surface area contributed by atoms with Crippen LogP contribution in [0.5, 0.6) is 0 Å². The number of nitrogens with zero attached hydrogens (tertiary/aromatic N) is 3. The van der Waals surface area contributed by atoms with E-state index < -0.39 is 0 Å². The predicted molar refractivity (Wildman–Crippen MR) is 201 cm³/mol. The largest absolute Gasteiger partial charge is 0.277 e. The van der Waals surface area contributed by atoms with Crippen LogP contribution in [0.2, 0.25) is 0 Å². The van der Waals surface area contributed by atoms with Crippen molar-refractivity contribution in [2.45, 2.75) is 0 Å². The first-order valence-electron chi connectivity index (χ1n) is 16.5. The van der Waals surface area contributed by atoms with Gasteiger partial charge >= 0.3 is 0 Å². The molecular formula is C45H27N3. The lowest BCUT2D eigenvalue weighted by molar-refractivity contribution is 1.22. The topological polar surface area (TPSA) is 21.7 Å². The van der Waals surface area contributed by atoms with Crippen LogP contribution >= 0.6 is 0 Å². The van der Waals surface area contributed by atoms with Crippen molar-refractivity contribution in [1.29, 1.82) is 0 Å². The molecule has 0 fully saturated rings. The van der Waals surface area contributed by atoms with E-state index in [1.54, 1.807) is 0 Å². The first kappa shape index (κ1) is 25.7. The molecule has 0 saturated heterocycles. The Balaban J connectivity index is 1.35. The molecular weight excluding hydrogens is 583 g/mol. The molecule has 0 radical (unpaired) electrons. The molecule has 0 bridgehead atoms. The average molecular weight is 610 g/mol. The maximum atomic E-state index is 5.34. The van der Waals surface area contributed by atoms with Gasteiger partial charge in [-0.25, -0.2) is 4.98 Å². The molecule has 0 aliphatic heterocycles. The minimum Gasteiger partial charge on any atom is -0.277 e. The Hall–Kier alpha value is -6.45. The summed E-state index contributed by atoms with van der Waals surface area (Å²) in [6, 6.07) is 59.6. The molecule has 3 nitrogen and oxygen atoms in total. The molecule has 0 amide bonds. The third-order valence-corrected chi connectivity index (χ3v) is 10.2. The second kappa shape index (κ2) is 9.54. The molecule has 0 spiro atoms. The first-order valence-corrected chi connectivity index (χ1v) is 16.5. The highest BCUT2D eigenvalue weighted by Crippen LogP contribution is 2.45. The fourth-order valence-corrected chi connectivity index (χ4v) is 8.05. The lowest BCUT2D eigenvalue weighted by Crippen LogP contribution is -1.91. The van der Waals surface area contributed by atoms with Gasteiger partial charge in [0.2, 0.25) is 5.78 Å². The van der Waals surface area contributed by atoms with Gasteiger partial charge in [0.05, 0.1) is 27.6 Å². The molecule has 11 aromatic rings. The molecule has 0 N–H and O–H groups in total. The number of hydrogen-bond acceptors (Lipinski definition) is 1. The first-order chi connectivity index (χ1) is 23.8. The number of benzene rings is 8. The Labute approximate surface area is 275 Å². The maximum absolute atomic E-state index is 5.34. The van der Waals surface area contributed by atoms with Gasteiger partial charge < -0.3 is 0 Å². The third kappa shape index (κ3) is 3.50. The van der Waals surface area contributed by atoms with Crippen molar-refractivity contribution in [3.63, 3.8) is 0 Å². The summed E-state index contributed by atoms with van der Waals surface area (Å²) >= 11 is 0. The quantitative estimate of drug-likeness (QED) is 0.195. The van der Waals surface area contributed by atoms with Crippen molar-refractivity contribution in [1.82, 2.24) is 13.8 Å². The summed E-state index contributed by atoms with van der Waals surface area (Å²) in [7, 11) is 0. The van der Waals surface area contributed by atoms with E-state index in [2.05, 4.69) is 173 Å². The van der Waals surface area contributed by atoms with E-state index >= 15 is 0 Å². The van der Waals surface area contributed by atoms with Crippen LogP contribution in [0.1, 0.15) is 0 Å². The van der Waals surface area contributed by atoms with Crippen molar-refractivity contribution in [2.75, 3.05) is 0 Å². The van der Waals surface area contributed by atoms with Crippen LogP contribution in [-0.2, 0) is 0 Å². The number of imidazole rings is 2. The van der Waals surface area contributed by atoms with E-state index in [1.165, 1.54) is 76.7 Å². The summed E-state index contributed by atoms with van der Waals surface area (Å²) in [5.41, 5.74) is 13.0. The van der Waals surface area contributed by atoms with Gasteiger partial charge in [-0.05, 0) is 91.3 Å². The minimum atomic E-state index is 0.947. The van der Waals surface area contributed by atoms with Gasteiger partial charge in [0.25, 0.3) is 0 Å². The molecule has 0 saturated carbocycles. The molecule has 48 heavy (non-hydrogen) atoms. The Morgan fingerprint density at radius 3 is 1.58 bits per heavy atom. The number of fused-ring (bicyclic) bond motifs is 10. The molecule has 0 atom stereocenters. The SMILES string of the molecule is c1ccc(-c2cccc(-c3ccccc3)c2-c2cc3c4cc5ccccc5cc4n4c3c(c2)n2c3cc5ccccc5cc3nc24)cc1. The van der Waals surface area contributed by atoms with Gasteiger partial charge in [-0.2, -0.15) is 0 Å². The Morgan fingerprint density at radius 2 is 0.938 bits per heavy atom. The third-order valence-electron chi connectivity index (χ3n) is 10.2. The minimum absolute atomic E-state index is 0.947. The summed E-state index contributed by atoms with van der Waals surface area (Å²) in [6.45, 7) is 0. The molecule has 3 heteroatoms. The van der Waals surface area contributed by atoms with Crippen LogP contribution in [-0.4, -0.2) is 13.8 Å². The van der Waals surface area contributed by atoms with Crippen molar-refractivity contribution >= 4 is 65.7 Å². The van der Waals surface area contributed by atoms with Crippen molar-refractivity contribution in [3.05, 3.63) is 164 Å². The normalized spacial score (nSPS) is 12.2. The zero-order valence-corrected chi connectivity index (χ0v) is 25.9. The van der Waals surface area contributed by atoms with Crippen LogP contribution in [0.15, 0.2) is 164 Å². The van der Waals surface area contributed by atoms with Crippen LogP contribution < -0.4 is 0 Å². The summed E-state index contributed by atoms with van der Waals surface area (Å²) in [5.74, 6) is 0.947. The molecule has 3 aromatic heterocycles. The summed E-state index contributed by atoms with van der Waals surface area (Å²) in [6.07, 6.45) is 0. The van der Waals surface area contributed by atoms with Gasteiger partial charge in [0.1, 0.15) is 0 Å². The predicted octanol–water partition coefficient (Wildman–Crippen LogP) is 11.8. The van der Waals surface area contributed by atoms with Gasteiger partial charge in [-0.15, -0.1) is 0 Å². The van der Waals surface area contributed by atoms with E-state index in [-0.39, 0.29) is 0 Å². The maximum Gasteiger partial charge on any atom is 0.220 e.